The Morgan fingerprint density at radius 1 is 0.935 bits per heavy atom. The summed E-state index contributed by atoms with van der Waals surface area (Å²) in [6, 6.07) is 13.3. The number of rotatable bonds is 4. The zero-order chi connectivity index (χ0) is 21.4. The number of hydrogen-bond donors (Lipinski definition) is 0. The third-order valence-electron chi connectivity index (χ3n) is 5.85. The molecule has 1 aromatic heterocycles. The molecule has 2 aliphatic rings. The lowest BCUT2D eigenvalue weighted by molar-refractivity contribution is -0.123. The summed E-state index contributed by atoms with van der Waals surface area (Å²) in [7, 11) is 3.22. The first-order chi connectivity index (χ1) is 15.2. The lowest BCUT2D eigenvalue weighted by Gasteiger charge is -2.36. The number of methoxy groups -OCH3 is 2. The summed E-state index contributed by atoms with van der Waals surface area (Å²) in [4.78, 5) is 22.5. The van der Waals surface area contributed by atoms with Gasteiger partial charge in [-0.15, -0.1) is 0 Å². The van der Waals surface area contributed by atoms with Crippen LogP contribution in [-0.2, 0) is 4.79 Å². The summed E-state index contributed by atoms with van der Waals surface area (Å²) in [6.45, 7) is 0. The Balaban J connectivity index is 1.64. The smallest absolute Gasteiger partial charge is 0.252 e. The summed E-state index contributed by atoms with van der Waals surface area (Å²) in [5.41, 5.74) is 3.23. The second-order valence-corrected chi connectivity index (χ2v) is 7.58. The molecule has 1 amide bonds. The highest BCUT2D eigenvalue weighted by atomic mass is 16.5. The molecule has 7 heteroatoms. The van der Waals surface area contributed by atoms with Crippen molar-refractivity contribution in [1.82, 2.24) is 9.97 Å². The highest BCUT2D eigenvalue weighted by molar-refractivity contribution is 6.11. The van der Waals surface area contributed by atoms with Crippen molar-refractivity contribution in [3.8, 4) is 11.5 Å². The van der Waals surface area contributed by atoms with Crippen LogP contribution in [0.1, 0.15) is 18.4 Å². The van der Waals surface area contributed by atoms with E-state index in [1.54, 1.807) is 20.4 Å². The Morgan fingerprint density at radius 3 is 2.45 bits per heavy atom. The minimum Gasteiger partial charge on any atom is -0.493 e. The number of hydrazone groups is 1. The second kappa shape index (κ2) is 7.83. The van der Waals surface area contributed by atoms with Crippen LogP contribution in [0, 0.1) is 11.8 Å². The van der Waals surface area contributed by atoms with Gasteiger partial charge in [0.1, 0.15) is 0 Å². The van der Waals surface area contributed by atoms with E-state index in [0.717, 1.165) is 28.7 Å². The molecular formula is C24H22N4O3. The number of allylic oxidation sites excluding steroid dienone is 2. The molecule has 5 rings (SSSR count). The first-order valence-corrected chi connectivity index (χ1v) is 10.2. The molecule has 0 fully saturated rings. The quantitative estimate of drug-likeness (QED) is 0.604. The van der Waals surface area contributed by atoms with Crippen LogP contribution < -0.4 is 14.5 Å². The van der Waals surface area contributed by atoms with Gasteiger partial charge in [0, 0.05) is 11.5 Å². The van der Waals surface area contributed by atoms with Crippen LogP contribution in [0.3, 0.4) is 0 Å². The number of carbonyl (C=O) groups excluding carboxylic acids is 1. The number of nitrogens with zero attached hydrogens (tertiary/aromatic N) is 4. The molecule has 0 saturated heterocycles. The molecule has 156 valence electrons. The van der Waals surface area contributed by atoms with E-state index in [-0.39, 0.29) is 17.7 Å². The van der Waals surface area contributed by atoms with E-state index in [9.17, 15) is 4.79 Å². The molecule has 0 radical (unpaired) electrons. The highest BCUT2D eigenvalue weighted by Crippen LogP contribution is 2.38. The second-order valence-electron chi connectivity index (χ2n) is 7.58. The average Bonchev–Trinajstić information content (AvgIpc) is 2.83. The third kappa shape index (κ3) is 3.32. The van der Waals surface area contributed by atoms with Crippen molar-refractivity contribution in [3.63, 3.8) is 0 Å². The van der Waals surface area contributed by atoms with Crippen molar-refractivity contribution < 1.29 is 14.3 Å². The maximum atomic E-state index is 13.4. The van der Waals surface area contributed by atoms with E-state index in [0.29, 0.717) is 23.7 Å². The van der Waals surface area contributed by atoms with Gasteiger partial charge >= 0.3 is 0 Å². The number of aromatic nitrogens is 2. The SMILES string of the molecule is COc1ccc(C2=NN(c3cnc4ccccc4n3)C(=O)[C@@H]3CC=CC[C@H]23)cc1OC. The van der Waals surface area contributed by atoms with Crippen LogP contribution in [-0.4, -0.2) is 35.8 Å². The van der Waals surface area contributed by atoms with Gasteiger partial charge in [0.25, 0.3) is 5.91 Å². The van der Waals surface area contributed by atoms with Gasteiger partial charge in [-0.25, -0.2) is 4.98 Å². The number of anilines is 1. The average molecular weight is 414 g/mol. The van der Waals surface area contributed by atoms with E-state index in [4.69, 9.17) is 14.6 Å². The van der Waals surface area contributed by atoms with Crippen molar-refractivity contribution in [1.29, 1.82) is 0 Å². The molecule has 3 aromatic rings. The molecule has 2 heterocycles. The van der Waals surface area contributed by atoms with E-state index in [1.165, 1.54) is 5.01 Å². The van der Waals surface area contributed by atoms with Crippen LogP contribution in [0.25, 0.3) is 11.0 Å². The van der Waals surface area contributed by atoms with Crippen molar-refractivity contribution in [3.05, 3.63) is 66.4 Å². The zero-order valence-electron chi connectivity index (χ0n) is 17.4. The summed E-state index contributed by atoms with van der Waals surface area (Å²) in [6.07, 6.45) is 7.24. The van der Waals surface area contributed by atoms with Gasteiger partial charge in [0.05, 0.1) is 43.1 Å². The van der Waals surface area contributed by atoms with Crippen molar-refractivity contribution in [2.75, 3.05) is 19.2 Å². The predicted molar refractivity (Wildman–Crippen MR) is 118 cm³/mol. The monoisotopic (exact) mass is 414 g/mol. The molecule has 0 N–H and O–H groups in total. The van der Waals surface area contributed by atoms with Crippen LogP contribution in [0.5, 0.6) is 11.5 Å². The number of benzene rings is 2. The molecule has 1 aliphatic heterocycles. The van der Waals surface area contributed by atoms with Gasteiger partial charge in [-0.3, -0.25) is 9.78 Å². The Labute approximate surface area is 180 Å². The maximum absolute atomic E-state index is 13.4. The minimum atomic E-state index is -0.195. The fourth-order valence-electron chi connectivity index (χ4n) is 4.26. The third-order valence-corrected chi connectivity index (χ3v) is 5.85. The summed E-state index contributed by atoms with van der Waals surface area (Å²) in [5, 5.41) is 6.20. The van der Waals surface area contributed by atoms with E-state index < -0.39 is 0 Å². The Bertz CT molecular complexity index is 1220. The largest absolute Gasteiger partial charge is 0.493 e. The van der Waals surface area contributed by atoms with Gasteiger partial charge in [-0.05, 0) is 43.2 Å². The molecule has 0 saturated carbocycles. The fourth-order valence-corrected chi connectivity index (χ4v) is 4.26. The van der Waals surface area contributed by atoms with Gasteiger partial charge in [-0.1, -0.05) is 24.3 Å². The van der Waals surface area contributed by atoms with E-state index >= 15 is 0 Å². The number of fused-ring (bicyclic) bond motifs is 2. The first-order valence-electron chi connectivity index (χ1n) is 10.2. The molecule has 0 spiro atoms. The van der Waals surface area contributed by atoms with Crippen LogP contribution in [0.2, 0.25) is 0 Å². The van der Waals surface area contributed by atoms with Gasteiger partial charge < -0.3 is 9.47 Å². The standard InChI is InChI=1S/C24H22N4O3/c1-30-20-12-11-15(13-21(20)31-2)23-16-7-3-4-8-17(16)24(29)28(27-23)22-14-25-18-9-5-6-10-19(18)26-22/h3-6,9-14,16-17H,7-8H2,1-2H3/t16-,17+/m0/s1. The lowest BCUT2D eigenvalue weighted by Crippen LogP contribution is -2.45. The van der Waals surface area contributed by atoms with Gasteiger partial charge in [-0.2, -0.15) is 10.1 Å². The number of para-hydroxylation sites is 2. The molecule has 2 aromatic carbocycles. The number of ether oxygens (including phenoxy) is 2. The lowest BCUT2D eigenvalue weighted by atomic mass is 9.76. The summed E-state index contributed by atoms with van der Waals surface area (Å²) < 4.78 is 10.9. The molecular weight excluding hydrogens is 392 g/mol. The summed E-state index contributed by atoms with van der Waals surface area (Å²) >= 11 is 0. The van der Waals surface area contributed by atoms with Crippen molar-refractivity contribution in [2.24, 2.45) is 16.9 Å². The fraction of sp³-hybridized carbons (Fsp3) is 0.250. The molecule has 0 unspecified atom stereocenters. The molecule has 7 nitrogen and oxygen atoms in total. The van der Waals surface area contributed by atoms with Gasteiger partial charge in [0.15, 0.2) is 17.3 Å². The molecule has 31 heavy (non-hydrogen) atoms. The number of hydrogen-bond acceptors (Lipinski definition) is 6. The first kappa shape index (κ1) is 19.2. The summed E-state index contributed by atoms with van der Waals surface area (Å²) in [5.74, 6) is 1.45. The van der Waals surface area contributed by atoms with Crippen molar-refractivity contribution in [2.45, 2.75) is 12.8 Å². The maximum Gasteiger partial charge on any atom is 0.252 e. The highest BCUT2D eigenvalue weighted by Gasteiger charge is 2.41. The zero-order valence-corrected chi connectivity index (χ0v) is 17.4. The topological polar surface area (TPSA) is 76.9 Å². The Morgan fingerprint density at radius 2 is 1.68 bits per heavy atom. The predicted octanol–water partition coefficient (Wildman–Crippen LogP) is 3.98. The van der Waals surface area contributed by atoms with E-state index in [1.807, 2.05) is 42.5 Å². The van der Waals surface area contributed by atoms with Crippen LogP contribution >= 0.6 is 0 Å². The van der Waals surface area contributed by atoms with E-state index in [2.05, 4.69) is 22.1 Å². The molecule has 2 atom stereocenters. The Hall–Kier alpha value is -3.74. The van der Waals surface area contributed by atoms with Gasteiger partial charge in [0.2, 0.25) is 0 Å². The Kier molecular flexibility index (Phi) is 4.86. The number of amides is 1. The molecule has 1 aliphatic carbocycles. The van der Waals surface area contributed by atoms with Crippen LogP contribution in [0.15, 0.2) is 65.9 Å². The van der Waals surface area contributed by atoms with Crippen LogP contribution in [0.4, 0.5) is 5.82 Å². The minimum absolute atomic E-state index is 0.000247. The number of carbonyl (C=O) groups is 1. The van der Waals surface area contributed by atoms with Crippen molar-refractivity contribution >= 4 is 28.5 Å². The normalized spacial score (nSPS) is 20.4. The molecule has 0 bridgehead atoms.